The zero-order valence-electron chi connectivity index (χ0n) is 20.4. The number of hydrogen-bond donors (Lipinski definition) is 0. The van der Waals surface area contributed by atoms with E-state index in [2.05, 4.69) is 72.8 Å². The van der Waals surface area contributed by atoms with Gasteiger partial charge in [-0.05, 0) is 28.8 Å². The van der Waals surface area contributed by atoms with Crippen molar-refractivity contribution >= 4 is 27.5 Å². The van der Waals surface area contributed by atoms with E-state index < -0.39 is 0 Å². The van der Waals surface area contributed by atoms with Crippen molar-refractivity contribution in [2.24, 2.45) is 0 Å². The minimum absolute atomic E-state index is 0.320. The molecule has 6 aromatic rings. The van der Waals surface area contributed by atoms with E-state index in [4.69, 9.17) is 13.9 Å². The summed E-state index contributed by atoms with van der Waals surface area (Å²) in [4.78, 5) is 0. The monoisotopic (exact) mass is 490 g/mol. The molecule has 1 aromatic heterocycles. The number of hydrogen-bond acceptors (Lipinski definition) is 3. The van der Waals surface area contributed by atoms with Crippen molar-refractivity contribution in [2.75, 3.05) is 0 Å². The van der Waals surface area contributed by atoms with Crippen LogP contribution < -0.4 is 4.74 Å². The zero-order valence-corrected chi connectivity index (χ0v) is 20.4. The number of ether oxygens (including phenoxy) is 2. The van der Waals surface area contributed by atoms with Crippen LogP contribution in [-0.4, -0.2) is 0 Å². The normalized spacial score (nSPS) is 15.8. The first-order valence-electron chi connectivity index (χ1n) is 12.8. The van der Waals surface area contributed by atoms with E-state index in [0.29, 0.717) is 0 Å². The standard InChI is InChI=1S/C35H22O3/c1-4-11-22(12-5-1)25-17-10-18-27-28-21-29-33(30(32(28)37-31(25)27)24-15-8-3-9-16-24)38-35-26(19-20-36-34(29)35)23-13-6-2-7-14-23/h1-21,34H. The number of allylic oxidation sites excluding steroid dienone is 2. The predicted octanol–water partition coefficient (Wildman–Crippen LogP) is 9.31. The molecule has 0 aliphatic carbocycles. The fraction of sp³-hybridized carbons (Fsp3) is 0.0286. The van der Waals surface area contributed by atoms with Gasteiger partial charge in [-0.25, -0.2) is 0 Å². The molecule has 2 aliphatic rings. The van der Waals surface area contributed by atoms with Crippen molar-refractivity contribution in [3.05, 3.63) is 144 Å². The Morgan fingerprint density at radius 2 is 1.26 bits per heavy atom. The summed E-state index contributed by atoms with van der Waals surface area (Å²) in [7, 11) is 0. The molecule has 38 heavy (non-hydrogen) atoms. The molecule has 0 fully saturated rings. The minimum Gasteiger partial charge on any atom is -0.485 e. The number of fused-ring (bicyclic) bond motifs is 6. The van der Waals surface area contributed by atoms with E-state index in [1.54, 1.807) is 6.26 Å². The second kappa shape index (κ2) is 8.25. The summed E-state index contributed by atoms with van der Waals surface area (Å²) in [6.07, 6.45) is 3.45. The van der Waals surface area contributed by atoms with Gasteiger partial charge in [0.05, 0.1) is 11.8 Å². The third-order valence-corrected chi connectivity index (χ3v) is 7.45. The Morgan fingerprint density at radius 1 is 0.579 bits per heavy atom. The van der Waals surface area contributed by atoms with Gasteiger partial charge in [-0.2, -0.15) is 0 Å². The maximum atomic E-state index is 6.76. The smallest absolute Gasteiger partial charge is 0.184 e. The highest BCUT2D eigenvalue weighted by Crippen LogP contribution is 2.54. The van der Waals surface area contributed by atoms with E-state index >= 15 is 0 Å². The van der Waals surface area contributed by atoms with Gasteiger partial charge >= 0.3 is 0 Å². The van der Waals surface area contributed by atoms with Crippen LogP contribution in [-0.2, 0) is 4.74 Å². The summed E-state index contributed by atoms with van der Waals surface area (Å²) in [6, 6.07) is 39.6. The SMILES string of the molecule is C1=CC(c2ccccc2)=C2Oc3c(cc4c(oc5c(-c6ccccc6)cccc54)c3-c3ccccc3)C2O1. The molecule has 0 radical (unpaired) electrons. The molecule has 1 unspecified atom stereocenters. The van der Waals surface area contributed by atoms with Crippen molar-refractivity contribution in [2.45, 2.75) is 6.10 Å². The third kappa shape index (κ3) is 3.09. The molecule has 0 saturated carbocycles. The Morgan fingerprint density at radius 3 is 2.00 bits per heavy atom. The molecule has 0 amide bonds. The van der Waals surface area contributed by atoms with Crippen LogP contribution in [0, 0.1) is 0 Å². The van der Waals surface area contributed by atoms with Gasteiger partial charge in [0.2, 0.25) is 0 Å². The van der Waals surface area contributed by atoms with Crippen LogP contribution in [0.15, 0.2) is 138 Å². The Labute approximate surface area is 219 Å². The van der Waals surface area contributed by atoms with Gasteiger partial charge in [0, 0.05) is 27.5 Å². The van der Waals surface area contributed by atoms with Crippen molar-refractivity contribution in [3.8, 4) is 28.0 Å². The second-order valence-corrected chi connectivity index (χ2v) is 9.63. The summed E-state index contributed by atoms with van der Waals surface area (Å²) in [5, 5.41) is 2.13. The van der Waals surface area contributed by atoms with E-state index in [0.717, 1.165) is 72.4 Å². The lowest BCUT2D eigenvalue weighted by atomic mass is 9.94. The van der Waals surface area contributed by atoms with Crippen LogP contribution in [0.3, 0.4) is 0 Å². The van der Waals surface area contributed by atoms with Crippen LogP contribution in [0.1, 0.15) is 17.2 Å². The molecule has 3 heterocycles. The Kier molecular flexibility index (Phi) is 4.58. The highest BCUT2D eigenvalue weighted by molar-refractivity contribution is 6.14. The van der Waals surface area contributed by atoms with Gasteiger partial charge < -0.3 is 13.9 Å². The Balaban J connectivity index is 1.43. The molecule has 2 aliphatic heterocycles. The lowest BCUT2D eigenvalue weighted by molar-refractivity contribution is 0.157. The van der Waals surface area contributed by atoms with Crippen LogP contribution >= 0.6 is 0 Å². The summed E-state index contributed by atoms with van der Waals surface area (Å²) < 4.78 is 19.7. The summed E-state index contributed by atoms with van der Waals surface area (Å²) in [5.74, 6) is 1.61. The fourth-order valence-electron chi connectivity index (χ4n) is 5.71. The van der Waals surface area contributed by atoms with Gasteiger partial charge in [0.15, 0.2) is 11.9 Å². The number of para-hydroxylation sites is 1. The Bertz CT molecular complexity index is 1900. The fourth-order valence-corrected chi connectivity index (χ4v) is 5.71. The lowest BCUT2D eigenvalue weighted by Crippen LogP contribution is -2.07. The average Bonchev–Trinajstić information content (AvgIpc) is 3.55. The highest BCUT2D eigenvalue weighted by Gasteiger charge is 2.39. The van der Waals surface area contributed by atoms with Crippen LogP contribution in [0.5, 0.6) is 5.75 Å². The van der Waals surface area contributed by atoms with E-state index in [9.17, 15) is 0 Å². The van der Waals surface area contributed by atoms with Crippen molar-refractivity contribution in [1.82, 2.24) is 0 Å². The predicted molar refractivity (Wildman–Crippen MR) is 152 cm³/mol. The molecule has 0 spiro atoms. The van der Waals surface area contributed by atoms with Gasteiger partial charge in [-0.3, -0.25) is 0 Å². The first kappa shape index (κ1) is 21.1. The molecule has 1 atom stereocenters. The summed E-state index contributed by atoms with van der Waals surface area (Å²) in [6.45, 7) is 0. The summed E-state index contributed by atoms with van der Waals surface area (Å²) >= 11 is 0. The molecular formula is C35H22O3. The zero-order chi connectivity index (χ0) is 25.1. The molecule has 5 aromatic carbocycles. The summed E-state index contributed by atoms with van der Waals surface area (Å²) in [5.41, 5.74) is 9.03. The van der Waals surface area contributed by atoms with Gasteiger partial charge in [-0.1, -0.05) is 109 Å². The first-order chi connectivity index (χ1) is 18.9. The molecule has 3 heteroatoms. The number of furan rings is 1. The molecule has 180 valence electrons. The topological polar surface area (TPSA) is 31.6 Å². The number of rotatable bonds is 3. The van der Waals surface area contributed by atoms with Gasteiger partial charge in [0.1, 0.15) is 16.9 Å². The van der Waals surface area contributed by atoms with Crippen molar-refractivity contribution in [1.29, 1.82) is 0 Å². The van der Waals surface area contributed by atoms with Crippen LogP contribution in [0.25, 0.3) is 49.8 Å². The molecular weight excluding hydrogens is 468 g/mol. The number of benzene rings is 5. The largest absolute Gasteiger partial charge is 0.485 e. The van der Waals surface area contributed by atoms with Gasteiger partial charge in [-0.15, -0.1) is 0 Å². The molecule has 0 saturated heterocycles. The molecule has 8 rings (SSSR count). The van der Waals surface area contributed by atoms with Crippen LogP contribution in [0.2, 0.25) is 0 Å². The van der Waals surface area contributed by atoms with Crippen molar-refractivity contribution in [3.63, 3.8) is 0 Å². The Hall–Kier alpha value is -5.02. The second-order valence-electron chi connectivity index (χ2n) is 9.63. The average molecular weight is 491 g/mol. The lowest BCUT2D eigenvalue weighted by Gasteiger charge is -2.18. The third-order valence-electron chi connectivity index (χ3n) is 7.45. The first-order valence-corrected chi connectivity index (χ1v) is 12.8. The minimum atomic E-state index is -0.320. The maximum absolute atomic E-state index is 6.76. The van der Waals surface area contributed by atoms with Crippen molar-refractivity contribution < 1.29 is 13.9 Å². The quantitative estimate of drug-likeness (QED) is 0.248. The van der Waals surface area contributed by atoms with Crippen LogP contribution in [0.4, 0.5) is 0 Å². The van der Waals surface area contributed by atoms with E-state index in [-0.39, 0.29) is 6.10 Å². The van der Waals surface area contributed by atoms with E-state index in [1.165, 1.54) is 0 Å². The maximum Gasteiger partial charge on any atom is 0.184 e. The molecule has 0 bridgehead atoms. The van der Waals surface area contributed by atoms with Gasteiger partial charge in [0.25, 0.3) is 0 Å². The van der Waals surface area contributed by atoms with E-state index in [1.807, 2.05) is 48.5 Å². The molecule has 3 nitrogen and oxygen atoms in total. The highest BCUT2D eigenvalue weighted by atomic mass is 16.5. The molecule has 0 N–H and O–H groups in total.